The van der Waals surface area contributed by atoms with E-state index in [0.29, 0.717) is 6.04 Å². The number of hydrazine groups is 1. The zero-order valence-electron chi connectivity index (χ0n) is 11.2. The second kappa shape index (κ2) is 7.93. The Kier molecular flexibility index (Phi) is 6.18. The summed E-state index contributed by atoms with van der Waals surface area (Å²) in [6.45, 7) is 0. The minimum absolute atomic E-state index is 0.494. The van der Waals surface area contributed by atoms with Crippen molar-refractivity contribution in [2.24, 2.45) is 11.8 Å². The highest BCUT2D eigenvalue weighted by Gasteiger charge is 2.17. The van der Waals surface area contributed by atoms with Gasteiger partial charge in [0.1, 0.15) is 0 Å². The third kappa shape index (κ3) is 4.71. The molecule has 1 aromatic rings. The number of hydrogen-bond donors (Lipinski definition) is 2. The third-order valence-corrected chi connectivity index (χ3v) is 4.92. The number of rotatable bonds is 6. The molecule has 0 amide bonds. The second-order valence-electron chi connectivity index (χ2n) is 5.63. The highest BCUT2D eigenvalue weighted by Crippen LogP contribution is 2.27. The van der Waals surface area contributed by atoms with Crippen LogP contribution in [-0.4, -0.2) is 6.04 Å². The molecule has 3 heteroatoms. The lowest BCUT2D eigenvalue weighted by atomic mass is 9.90. The molecule has 0 spiro atoms. The van der Waals surface area contributed by atoms with Gasteiger partial charge in [0.25, 0.3) is 0 Å². The summed E-state index contributed by atoms with van der Waals surface area (Å²) in [5.41, 5.74) is 4.49. The number of thiophene rings is 1. The first-order valence-electron chi connectivity index (χ1n) is 7.35. The fraction of sp³-hybridized carbons (Fsp3) is 0.733. The van der Waals surface area contributed by atoms with Crippen molar-refractivity contribution in [3.63, 3.8) is 0 Å². The summed E-state index contributed by atoms with van der Waals surface area (Å²) in [5.74, 6) is 6.62. The second-order valence-corrected chi connectivity index (χ2v) is 6.41. The SMILES string of the molecule is NNC(CCc1ccsc1)CC1CCCCCC1. The monoisotopic (exact) mass is 266 g/mol. The third-order valence-electron chi connectivity index (χ3n) is 4.19. The number of nitrogens with one attached hydrogen (secondary N) is 1. The van der Waals surface area contributed by atoms with Gasteiger partial charge in [0.2, 0.25) is 0 Å². The average molecular weight is 266 g/mol. The van der Waals surface area contributed by atoms with Gasteiger partial charge in [-0.25, -0.2) is 0 Å². The highest BCUT2D eigenvalue weighted by molar-refractivity contribution is 7.07. The van der Waals surface area contributed by atoms with Gasteiger partial charge in [-0.15, -0.1) is 0 Å². The Balaban J connectivity index is 1.73. The molecule has 0 aromatic carbocycles. The maximum atomic E-state index is 5.72. The van der Waals surface area contributed by atoms with Gasteiger partial charge in [-0.3, -0.25) is 11.3 Å². The molecule has 1 unspecified atom stereocenters. The molecule has 2 nitrogen and oxygen atoms in total. The zero-order valence-corrected chi connectivity index (χ0v) is 12.1. The predicted molar refractivity (Wildman–Crippen MR) is 79.6 cm³/mol. The molecule has 102 valence electrons. The molecule has 2 rings (SSSR count). The van der Waals surface area contributed by atoms with E-state index in [1.165, 1.54) is 56.9 Å². The van der Waals surface area contributed by atoms with Gasteiger partial charge in [-0.2, -0.15) is 11.3 Å². The first-order valence-corrected chi connectivity index (χ1v) is 8.30. The van der Waals surface area contributed by atoms with E-state index in [1.807, 2.05) is 0 Å². The van der Waals surface area contributed by atoms with E-state index in [1.54, 1.807) is 11.3 Å². The van der Waals surface area contributed by atoms with Crippen molar-refractivity contribution in [3.05, 3.63) is 22.4 Å². The van der Waals surface area contributed by atoms with Crippen LogP contribution in [0.1, 0.15) is 56.9 Å². The Morgan fingerprint density at radius 3 is 2.67 bits per heavy atom. The lowest BCUT2D eigenvalue weighted by molar-refractivity contribution is 0.342. The van der Waals surface area contributed by atoms with E-state index in [4.69, 9.17) is 5.84 Å². The summed E-state index contributed by atoms with van der Waals surface area (Å²) < 4.78 is 0. The first-order chi connectivity index (χ1) is 8.88. The van der Waals surface area contributed by atoms with Crippen LogP contribution in [0.2, 0.25) is 0 Å². The average Bonchev–Trinajstić information content (AvgIpc) is 2.78. The predicted octanol–water partition coefficient (Wildman–Crippen LogP) is 3.87. The van der Waals surface area contributed by atoms with Gasteiger partial charge in [0.15, 0.2) is 0 Å². The van der Waals surface area contributed by atoms with Crippen molar-refractivity contribution in [3.8, 4) is 0 Å². The van der Waals surface area contributed by atoms with Gasteiger partial charge in [0.05, 0.1) is 0 Å². The maximum Gasteiger partial charge on any atom is 0.0216 e. The summed E-state index contributed by atoms with van der Waals surface area (Å²) >= 11 is 1.79. The molecule has 0 aliphatic heterocycles. The van der Waals surface area contributed by atoms with Crippen LogP contribution in [0.25, 0.3) is 0 Å². The van der Waals surface area contributed by atoms with Gasteiger partial charge in [-0.1, -0.05) is 38.5 Å². The summed E-state index contributed by atoms with van der Waals surface area (Å²) in [4.78, 5) is 0. The molecule has 1 saturated carbocycles. The number of hydrogen-bond acceptors (Lipinski definition) is 3. The molecule has 1 fully saturated rings. The molecule has 1 aliphatic carbocycles. The molecule has 1 heterocycles. The number of aryl methyl sites for hydroxylation is 1. The number of nitrogens with two attached hydrogens (primary N) is 1. The minimum atomic E-state index is 0.494. The quantitative estimate of drug-likeness (QED) is 0.466. The largest absolute Gasteiger partial charge is 0.271 e. The fourth-order valence-electron chi connectivity index (χ4n) is 3.05. The van der Waals surface area contributed by atoms with E-state index >= 15 is 0 Å². The van der Waals surface area contributed by atoms with Crippen LogP contribution in [0.15, 0.2) is 16.8 Å². The van der Waals surface area contributed by atoms with Crippen molar-refractivity contribution in [1.29, 1.82) is 0 Å². The molecule has 0 saturated heterocycles. The lowest BCUT2D eigenvalue weighted by Crippen LogP contribution is -2.37. The van der Waals surface area contributed by atoms with Crippen LogP contribution < -0.4 is 11.3 Å². The Hall–Kier alpha value is -0.380. The Bertz CT molecular complexity index is 302. The standard InChI is InChI=1S/C15H26N2S/c16-17-15(8-7-14-9-10-18-12-14)11-13-5-3-1-2-4-6-13/h9-10,12-13,15,17H,1-8,11,16H2. The molecule has 3 N–H and O–H groups in total. The highest BCUT2D eigenvalue weighted by atomic mass is 32.1. The van der Waals surface area contributed by atoms with Crippen molar-refractivity contribution in [1.82, 2.24) is 5.43 Å². The molecule has 18 heavy (non-hydrogen) atoms. The van der Waals surface area contributed by atoms with Crippen LogP contribution in [0.4, 0.5) is 0 Å². The summed E-state index contributed by atoms with van der Waals surface area (Å²) in [6.07, 6.45) is 12.1. The molecule has 0 radical (unpaired) electrons. The summed E-state index contributed by atoms with van der Waals surface area (Å²) in [6, 6.07) is 2.72. The fourth-order valence-corrected chi connectivity index (χ4v) is 3.75. The molecule has 1 aromatic heterocycles. The van der Waals surface area contributed by atoms with Crippen LogP contribution >= 0.6 is 11.3 Å². The van der Waals surface area contributed by atoms with E-state index in [-0.39, 0.29) is 0 Å². The van der Waals surface area contributed by atoms with Crippen molar-refractivity contribution >= 4 is 11.3 Å². The van der Waals surface area contributed by atoms with E-state index in [0.717, 1.165) is 12.3 Å². The van der Waals surface area contributed by atoms with Gasteiger partial charge in [-0.05, 0) is 47.6 Å². The molecular formula is C15H26N2S. The lowest BCUT2D eigenvalue weighted by Gasteiger charge is -2.21. The van der Waals surface area contributed by atoms with Gasteiger partial charge in [0, 0.05) is 6.04 Å². The summed E-state index contributed by atoms with van der Waals surface area (Å²) in [5, 5.41) is 4.41. The Morgan fingerprint density at radius 1 is 1.28 bits per heavy atom. The van der Waals surface area contributed by atoms with Crippen molar-refractivity contribution < 1.29 is 0 Å². The summed E-state index contributed by atoms with van der Waals surface area (Å²) in [7, 11) is 0. The first kappa shape index (κ1) is 14.0. The van der Waals surface area contributed by atoms with Crippen LogP contribution in [0.3, 0.4) is 0 Å². The van der Waals surface area contributed by atoms with Gasteiger partial charge >= 0.3 is 0 Å². The van der Waals surface area contributed by atoms with Gasteiger partial charge < -0.3 is 0 Å². The molecule has 0 bridgehead atoms. The van der Waals surface area contributed by atoms with Crippen LogP contribution in [0.5, 0.6) is 0 Å². The normalized spacial score (nSPS) is 19.6. The molecular weight excluding hydrogens is 240 g/mol. The van der Waals surface area contributed by atoms with E-state index < -0.39 is 0 Å². The smallest absolute Gasteiger partial charge is 0.0216 e. The maximum absolute atomic E-state index is 5.72. The van der Waals surface area contributed by atoms with Crippen molar-refractivity contribution in [2.75, 3.05) is 0 Å². The molecule has 1 aliphatic rings. The van der Waals surface area contributed by atoms with Crippen LogP contribution in [-0.2, 0) is 6.42 Å². The van der Waals surface area contributed by atoms with E-state index in [2.05, 4.69) is 22.3 Å². The zero-order chi connectivity index (χ0) is 12.6. The topological polar surface area (TPSA) is 38.0 Å². The Labute approximate surface area is 115 Å². The van der Waals surface area contributed by atoms with E-state index in [9.17, 15) is 0 Å². The van der Waals surface area contributed by atoms with Crippen molar-refractivity contribution in [2.45, 2.75) is 63.8 Å². The Morgan fingerprint density at radius 2 is 2.06 bits per heavy atom. The molecule has 1 atom stereocenters. The minimum Gasteiger partial charge on any atom is -0.271 e. The van der Waals surface area contributed by atoms with Crippen LogP contribution in [0, 0.1) is 5.92 Å².